The average Bonchev–Trinajstić information content (AvgIpc) is 2.81. The van der Waals surface area contributed by atoms with E-state index in [1.807, 2.05) is 0 Å². The summed E-state index contributed by atoms with van der Waals surface area (Å²) in [5, 5.41) is 13.0. The minimum atomic E-state index is -0.981. The Hall–Kier alpha value is -2.50. The summed E-state index contributed by atoms with van der Waals surface area (Å²) in [4.78, 5) is 10.9. The molecule has 0 aliphatic heterocycles. The van der Waals surface area contributed by atoms with Crippen molar-refractivity contribution in [2.45, 2.75) is 6.61 Å². The summed E-state index contributed by atoms with van der Waals surface area (Å²) in [6, 6.07) is 4.65. The van der Waals surface area contributed by atoms with Crippen molar-refractivity contribution in [1.29, 1.82) is 0 Å². The van der Waals surface area contributed by atoms with E-state index in [-0.39, 0.29) is 12.2 Å². The second kappa shape index (κ2) is 5.43. The number of methoxy groups -OCH3 is 1. The third-order valence-corrected chi connectivity index (χ3v) is 2.60. The van der Waals surface area contributed by atoms with Gasteiger partial charge in [0, 0.05) is 12.6 Å². The standard InChI is InChI=1S/C13H14N2O4/c1-15-7-11(6-14-15)19-8-10-5-9(13(16)17)3-4-12(10)18-2/h3-7H,8H2,1-2H3,(H,16,17). The maximum atomic E-state index is 10.9. The van der Waals surface area contributed by atoms with Crippen molar-refractivity contribution in [3.63, 3.8) is 0 Å². The van der Waals surface area contributed by atoms with Gasteiger partial charge in [-0.15, -0.1) is 0 Å². The van der Waals surface area contributed by atoms with Crippen LogP contribution in [0.1, 0.15) is 15.9 Å². The van der Waals surface area contributed by atoms with Crippen molar-refractivity contribution < 1.29 is 19.4 Å². The molecule has 2 rings (SSSR count). The van der Waals surface area contributed by atoms with E-state index in [0.29, 0.717) is 17.1 Å². The number of aromatic nitrogens is 2. The van der Waals surface area contributed by atoms with Gasteiger partial charge < -0.3 is 14.6 Å². The highest BCUT2D eigenvalue weighted by Crippen LogP contribution is 2.22. The molecule has 0 aliphatic rings. The molecular formula is C13H14N2O4. The van der Waals surface area contributed by atoms with Crippen LogP contribution in [0.4, 0.5) is 0 Å². The monoisotopic (exact) mass is 262 g/mol. The predicted molar refractivity (Wildman–Crippen MR) is 67.5 cm³/mol. The molecule has 0 radical (unpaired) electrons. The maximum Gasteiger partial charge on any atom is 0.335 e. The van der Waals surface area contributed by atoms with E-state index in [0.717, 1.165) is 0 Å². The third kappa shape index (κ3) is 3.04. The van der Waals surface area contributed by atoms with Crippen LogP contribution in [0, 0.1) is 0 Å². The lowest BCUT2D eigenvalue weighted by Gasteiger charge is -2.10. The van der Waals surface area contributed by atoms with Gasteiger partial charge in [-0.05, 0) is 18.2 Å². The van der Waals surface area contributed by atoms with E-state index >= 15 is 0 Å². The van der Waals surface area contributed by atoms with Crippen molar-refractivity contribution >= 4 is 5.97 Å². The number of hydrogen-bond donors (Lipinski definition) is 1. The van der Waals surface area contributed by atoms with Gasteiger partial charge in [0.1, 0.15) is 12.4 Å². The molecule has 100 valence electrons. The number of benzene rings is 1. The SMILES string of the molecule is COc1ccc(C(=O)O)cc1COc1cnn(C)c1. The van der Waals surface area contributed by atoms with Gasteiger partial charge in [-0.25, -0.2) is 4.79 Å². The number of carboxylic acids is 1. The minimum Gasteiger partial charge on any atom is -0.496 e. The summed E-state index contributed by atoms with van der Waals surface area (Å²) < 4.78 is 12.3. The fraction of sp³-hybridized carbons (Fsp3) is 0.231. The Balaban J connectivity index is 2.17. The van der Waals surface area contributed by atoms with Gasteiger partial charge in [-0.1, -0.05) is 0 Å². The predicted octanol–water partition coefficient (Wildman–Crippen LogP) is 1.71. The van der Waals surface area contributed by atoms with Crippen LogP contribution in [0.15, 0.2) is 30.6 Å². The van der Waals surface area contributed by atoms with Gasteiger partial charge in [0.15, 0.2) is 5.75 Å². The first-order chi connectivity index (χ1) is 9.10. The molecule has 0 unspecified atom stereocenters. The van der Waals surface area contributed by atoms with Crippen molar-refractivity contribution in [2.75, 3.05) is 7.11 Å². The van der Waals surface area contributed by atoms with Gasteiger partial charge in [0.2, 0.25) is 0 Å². The Bertz CT molecular complexity index is 592. The molecule has 1 aromatic carbocycles. The summed E-state index contributed by atoms with van der Waals surface area (Å²) in [7, 11) is 3.32. The molecule has 0 fully saturated rings. The molecule has 6 heteroatoms. The number of hydrogen-bond acceptors (Lipinski definition) is 4. The Morgan fingerprint density at radius 3 is 2.84 bits per heavy atom. The van der Waals surface area contributed by atoms with Gasteiger partial charge in [-0.2, -0.15) is 5.10 Å². The molecule has 19 heavy (non-hydrogen) atoms. The number of carbonyl (C=O) groups is 1. The number of aromatic carboxylic acids is 1. The quantitative estimate of drug-likeness (QED) is 0.887. The second-order valence-corrected chi connectivity index (χ2v) is 3.97. The Labute approximate surface area is 110 Å². The van der Waals surface area contributed by atoms with Crippen LogP contribution in [-0.2, 0) is 13.7 Å². The summed E-state index contributed by atoms with van der Waals surface area (Å²) in [5.41, 5.74) is 0.872. The van der Waals surface area contributed by atoms with Crippen molar-refractivity contribution in [3.8, 4) is 11.5 Å². The van der Waals surface area contributed by atoms with Crippen LogP contribution in [0.25, 0.3) is 0 Å². The Morgan fingerprint density at radius 2 is 2.26 bits per heavy atom. The van der Waals surface area contributed by atoms with Gasteiger partial charge in [0.05, 0.1) is 25.1 Å². The van der Waals surface area contributed by atoms with Crippen molar-refractivity contribution in [2.24, 2.45) is 7.05 Å². The van der Waals surface area contributed by atoms with Gasteiger partial charge >= 0.3 is 5.97 Å². The lowest BCUT2D eigenvalue weighted by atomic mass is 10.1. The lowest BCUT2D eigenvalue weighted by molar-refractivity contribution is 0.0696. The minimum absolute atomic E-state index is 0.200. The van der Waals surface area contributed by atoms with E-state index in [1.54, 1.807) is 30.2 Å². The zero-order valence-corrected chi connectivity index (χ0v) is 10.7. The molecule has 6 nitrogen and oxygen atoms in total. The molecule has 1 heterocycles. The highest BCUT2D eigenvalue weighted by Gasteiger charge is 2.10. The number of aryl methyl sites for hydroxylation is 1. The number of nitrogens with zero attached hydrogens (tertiary/aromatic N) is 2. The molecule has 0 bridgehead atoms. The Morgan fingerprint density at radius 1 is 1.47 bits per heavy atom. The van der Waals surface area contributed by atoms with Crippen molar-refractivity contribution in [3.05, 3.63) is 41.7 Å². The average molecular weight is 262 g/mol. The molecule has 1 N–H and O–H groups in total. The summed E-state index contributed by atoms with van der Waals surface area (Å²) in [6.07, 6.45) is 3.32. The fourth-order valence-electron chi connectivity index (χ4n) is 1.66. The molecule has 2 aromatic rings. The molecular weight excluding hydrogens is 248 g/mol. The third-order valence-electron chi connectivity index (χ3n) is 2.60. The van der Waals surface area contributed by atoms with E-state index in [1.165, 1.54) is 19.2 Å². The van der Waals surface area contributed by atoms with E-state index < -0.39 is 5.97 Å². The van der Waals surface area contributed by atoms with Crippen LogP contribution in [0.5, 0.6) is 11.5 Å². The molecule has 0 amide bonds. The summed E-state index contributed by atoms with van der Waals surface area (Å²) >= 11 is 0. The lowest BCUT2D eigenvalue weighted by Crippen LogP contribution is -2.02. The van der Waals surface area contributed by atoms with Gasteiger partial charge in [0.25, 0.3) is 0 Å². The topological polar surface area (TPSA) is 73.6 Å². The second-order valence-electron chi connectivity index (χ2n) is 3.97. The highest BCUT2D eigenvalue weighted by molar-refractivity contribution is 5.88. The molecule has 0 saturated heterocycles. The van der Waals surface area contributed by atoms with E-state index in [9.17, 15) is 4.79 Å². The van der Waals surface area contributed by atoms with Crippen LogP contribution in [-0.4, -0.2) is 28.0 Å². The van der Waals surface area contributed by atoms with Crippen LogP contribution >= 0.6 is 0 Å². The Kier molecular flexibility index (Phi) is 3.70. The zero-order valence-electron chi connectivity index (χ0n) is 10.7. The van der Waals surface area contributed by atoms with Gasteiger partial charge in [-0.3, -0.25) is 4.68 Å². The largest absolute Gasteiger partial charge is 0.496 e. The molecule has 0 atom stereocenters. The number of rotatable bonds is 5. The molecule has 0 aliphatic carbocycles. The normalized spacial score (nSPS) is 10.2. The summed E-state index contributed by atoms with van der Waals surface area (Å²) in [5.74, 6) is 0.226. The smallest absolute Gasteiger partial charge is 0.335 e. The first kappa shape index (κ1) is 12.9. The van der Waals surface area contributed by atoms with E-state index in [4.69, 9.17) is 14.6 Å². The molecule has 0 spiro atoms. The molecule has 0 saturated carbocycles. The maximum absolute atomic E-state index is 10.9. The van der Waals surface area contributed by atoms with Crippen LogP contribution in [0.2, 0.25) is 0 Å². The number of carboxylic acid groups (broad SMARTS) is 1. The first-order valence-corrected chi connectivity index (χ1v) is 5.62. The summed E-state index contributed by atoms with van der Waals surface area (Å²) in [6.45, 7) is 0.218. The van der Waals surface area contributed by atoms with Crippen molar-refractivity contribution in [1.82, 2.24) is 9.78 Å². The van der Waals surface area contributed by atoms with Crippen LogP contribution in [0.3, 0.4) is 0 Å². The molecule has 1 aromatic heterocycles. The zero-order chi connectivity index (χ0) is 13.8. The fourth-order valence-corrected chi connectivity index (χ4v) is 1.66. The first-order valence-electron chi connectivity index (χ1n) is 5.62. The highest BCUT2D eigenvalue weighted by atomic mass is 16.5. The van der Waals surface area contributed by atoms with Crippen LogP contribution < -0.4 is 9.47 Å². The van der Waals surface area contributed by atoms with E-state index in [2.05, 4.69) is 5.10 Å². The number of ether oxygens (including phenoxy) is 2.